The zero-order chi connectivity index (χ0) is 18.4. The number of hydrogen-bond acceptors (Lipinski definition) is 5. The molecule has 0 atom stereocenters. The summed E-state index contributed by atoms with van der Waals surface area (Å²) in [5.74, 6) is 0.743. The topological polar surface area (TPSA) is 71.9 Å². The third-order valence-electron chi connectivity index (χ3n) is 3.85. The first-order chi connectivity index (χ1) is 12.7. The van der Waals surface area contributed by atoms with Crippen molar-refractivity contribution < 1.29 is 9.53 Å². The highest BCUT2D eigenvalue weighted by atomic mass is 32.1. The van der Waals surface area contributed by atoms with Crippen molar-refractivity contribution in [3.8, 4) is 10.7 Å². The van der Waals surface area contributed by atoms with E-state index in [-0.39, 0.29) is 5.91 Å². The van der Waals surface area contributed by atoms with Crippen molar-refractivity contribution in [2.75, 3.05) is 7.11 Å². The van der Waals surface area contributed by atoms with Gasteiger partial charge in [0.25, 0.3) is 0 Å². The normalized spacial score (nSPS) is 10.8. The lowest BCUT2D eigenvalue weighted by Crippen LogP contribution is -2.24. The summed E-state index contributed by atoms with van der Waals surface area (Å²) in [5, 5.41) is 12.0. The summed E-state index contributed by atoms with van der Waals surface area (Å²) in [6.07, 6.45) is 0.337. The molecule has 8 heteroatoms. The van der Waals surface area contributed by atoms with Crippen molar-refractivity contribution in [2.45, 2.75) is 26.1 Å². The van der Waals surface area contributed by atoms with Crippen molar-refractivity contribution in [1.82, 2.24) is 20.1 Å². The lowest BCUT2D eigenvalue weighted by Gasteiger charge is -2.08. The molecule has 6 nitrogen and oxygen atoms in total. The Morgan fingerprint density at radius 1 is 1.35 bits per heavy atom. The number of ether oxygens (including phenoxy) is 1. The number of aromatic nitrogens is 3. The smallest absolute Gasteiger partial charge is 0.222 e. The Labute approximate surface area is 160 Å². The Bertz CT molecular complexity index is 915. The van der Waals surface area contributed by atoms with Crippen LogP contribution in [0.4, 0.5) is 0 Å². The average molecular weight is 389 g/mol. The molecule has 26 heavy (non-hydrogen) atoms. The number of thiophene rings is 1. The largest absolute Gasteiger partial charge is 0.380 e. The van der Waals surface area contributed by atoms with Crippen LogP contribution in [0.5, 0.6) is 0 Å². The monoisotopic (exact) mass is 388 g/mol. The van der Waals surface area contributed by atoms with Crippen molar-refractivity contribution in [3.05, 3.63) is 57.7 Å². The van der Waals surface area contributed by atoms with Crippen LogP contribution in [0.2, 0.25) is 0 Å². The highest BCUT2D eigenvalue weighted by Crippen LogP contribution is 2.22. The summed E-state index contributed by atoms with van der Waals surface area (Å²) in [6, 6.07) is 11.9. The number of methoxy groups -OCH3 is 1. The highest BCUT2D eigenvalue weighted by Gasteiger charge is 2.11. The summed E-state index contributed by atoms with van der Waals surface area (Å²) >= 11 is 6.88. The Kier molecular flexibility index (Phi) is 6.32. The molecule has 136 valence electrons. The predicted molar refractivity (Wildman–Crippen MR) is 104 cm³/mol. The Morgan fingerprint density at radius 3 is 2.96 bits per heavy atom. The van der Waals surface area contributed by atoms with Gasteiger partial charge in [-0.1, -0.05) is 30.3 Å². The van der Waals surface area contributed by atoms with E-state index >= 15 is 0 Å². The molecule has 0 bridgehead atoms. The van der Waals surface area contributed by atoms with E-state index in [0.29, 0.717) is 30.9 Å². The second-order valence-corrected chi connectivity index (χ2v) is 7.10. The fourth-order valence-electron chi connectivity index (χ4n) is 2.62. The summed E-state index contributed by atoms with van der Waals surface area (Å²) in [6.45, 7) is 1.54. The van der Waals surface area contributed by atoms with E-state index in [1.807, 2.05) is 46.3 Å². The van der Waals surface area contributed by atoms with E-state index < -0.39 is 0 Å². The minimum atomic E-state index is -0.0256. The average Bonchev–Trinajstić information content (AvgIpc) is 3.28. The van der Waals surface area contributed by atoms with Crippen molar-refractivity contribution in [2.24, 2.45) is 0 Å². The highest BCUT2D eigenvalue weighted by molar-refractivity contribution is 7.71. The van der Waals surface area contributed by atoms with Gasteiger partial charge in [0.15, 0.2) is 10.6 Å². The molecule has 0 saturated heterocycles. The zero-order valence-electron chi connectivity index (χ0n) is 14.4. The number of carbonyl (C=O) groups excluding carboxylic acids is 1. The Morgan fingerprint density at radius 2 is 2.19 bits per heavy atom. The number of nitrogens with zero attached hydrogens (tertiary/aromatic N) is 2. The fourth-order valence-corrected chi connectivity index (χ4v) is 3.56. The molecule has 2 aromatic heterocycles. The lowest BCUT2D eigenvalue weighted by atomic mass is 10.1. The van der Waals surface area contributed by atoms with Gasteiger partial charge in [-0.15, -0.1) is 11.3 Å². The number of benzene rings is 1. The van der Waals surface area contributed by atoms with Crippen LogP contribution < -0.4 is 5.32 Å². The maximum atomic E-state index is 12.2. The molecular formula is C18H20N4O2S2. The summed E-state index contributed by atoms with van der Waals surface area (Å²) in [5.41, 5.74) is 2.14. The quantitative estimate of drug-likeness (QED) is 0.579. The molecule has 0 radical (unpaired) electrons. The fraction of sp³-hybridized carbons (Fsp3) is 0.278. The molecule has 0 unspecified atom stereocenters. The van der Waals surface area contributed by atoms with Crippen molar-refractivity contribution in [1.29, 1.82) is 0 Å². The van der Waals surface area contributed by atoms with Crippen LogP contribution in [0.3, 0.4) is 0 Å². The number of hydrogen-bond donors (Lipinski definition) is 2. The number of aromatic amines is 1. The van der Waals surface area contributed by atoms with Crippen LogP contribution in [0.25, 0.3) is 10.7 Å². The molecule has 3 aromatic rings. The van der Waals surface area contributed by atoms with E-state index in [1.165, 1.54) is 0 Å². The molecule has 0 aliphatic carbocycles. The molecule has 1 aromatic carbocycles. The van der Waals surface area contributed by atoms with Gasteiger partial charge in [-0.3, -0.25) is 14.5 Å². The third kappa shape index (κ3) is 4.66. The van der Waals surface area contributed by atoms with Gasteiger partial charge >= 0.3 is 0 Å². The standard InChI is InChI=1S/C18H20N4O2S2/c1-24-12-14-5-2-4-13(10-14)11-19-16(23)7-8-22-17(20-21-18(22)25)15-6-3-9-26-15/h2-6,9-10H,7-8,11-12H2,1H3,(H,19,23)(H,21,25). The first-order valence-electron chi connectivity index (χ1n) is 8.20. The van der Waals surface area contributed by atoms with Gasteiger partial charge in [0.2, 0.25) is 5.91 Å². The number of rotatable bonds is 8. The molecule has 0 aliphatic rings. The minimum absolute atomic E-state index is 0.0256. The van der Waals surface area contributed by atoms with Crippen LogP contribution >= 0.6 is 23.6 Å². The number of nitrogens with one attached hydrogen (secondary N) is 2. The SMILES string of the molecule is COCc1cccc(CNC(=O)CCn2c(-c3cccs3)n[nH]c2=S)c1. The Balaban J connectivity index is 1.56. The number of H-pyrrole nitrogens is 1. The molecule has 3 rings (SSSR count). The second-order valence-electron chi connectivity index (χ2n) is 5.76. The predicted octanol–water partition coefficient (Wildman–Crippen LogP) is 3.52. The molecule has 2 N–H and O–H groups in total. The minimum Gasteiger partial charge on any atom is -0.380 e. The van der Waals surface area contributed by atoms with E-state index in [4.69, 9.17) is 17.0 Å². The van der Waals surface area contributed by atoms with Gasteiger partial charge in [0, 0.05) is 26.6 Å². The van der Waals surface area contributed by atoms with Crippen LogP contribution in [0.15, 0.2) is 41.8 Å². The van der Waals surface area contributed by atoms with Gasteiger partial charge in [-0.25, -0.2) is 0 Å². The lowest BCUT2D eigenvalue weighted by molar-refractivity contribution is -0.121. The van der Waals surface area contributed by atoms with Crippen molar-refractivity contribution in [3.63, 3.8) is 0 Å². The van der Waals surface area contributed by atoms with Gasteiger partial charge in [0.05, 0.1) is 11.5 Å². The molecule has 0 fully saturated rings. The van der Waals surface area contributed by atoms with Gasteiger partial charge < -0.3 is 10.1 Å². The van der Waals surface area contributed by atoms with E-state index in [9.17, 15) is 4.79 Å². The van der Waals surface area contributed by atoms with E-state index in [0.717, 1.165) is 21.8 Å². The van der Waals surface area contributed by atoms with Gasteiger partial charge in [0.1, 0.15) is 0 Å². The maximum Gasteiger partial charge on any atom is 0.222 e. The van der Waals surface area contributed by atoms with Crippen LogP contribution in [-0.4, -0.2) is 27.8 Å². The molecule has 1 amide bonds. The third-order valence-corrected chi connectivity index (χ3v) is 5.03. The van der Waals surface area contributed by atoms with Gasteiger partial charge in [-0.05, 0) is 34.8 Å². The molecule has 2 heterocycles. The number of carbonyl (C=O) groups is 1. The first-order valence-corrected chi connectivity index (χ1v) is 9.48. The number of amides is 1. The molecule has 0 spiro atoms. The van der Waals surface area contributed by atoms with Crippen molar-refractivity contribution >= 4 is 29.5 Å². The summed E-state index contributed by atoms with van der Waals surface area (Å²) in [7, 11) is 1.67. The van der Waals surface area contributed by atoms with Crippen LogP contribution in [0, 0.1) is 4.77 Å². The first kappa shape index (κ1) is 18.5. The Hall–Kier alpha value is -2.29. The van der Waals surface area contributed by atoms with Gasteiger partial charge in [-0.2, -0.15) is 5.10 Å². The summed E-state index contributed by atoms with van der Waals surface area (Å²) in [4.78, 5) is 13.2. The van der Waals surface area contributed by atoms with Crippen LogP contribution in [-0.2, 0) is 29.2 Å². The second kappa shape index (κ2) is 8.88. The summed E-state index contributed by atoms with van der Waals surface area (Å²) < 4.78 is 7.52. The molecule has 0 aliphatic heterocycles. The molecular weight excluding hydrogens is 368 g/mol. The molecule has 0 saturated carbocycles. The van der Waals surface area contributed by atoms with Crippen LogP contribution in [0.1, 0.15) is 17.5 Å². The van der Waals surface area contributed by atoms with E-state index in [2.05, 4.69) is 15.5 Å². The maximum absolute atomic E-state index is 12.2. The van der Waals surface area contributed by atoms with E-state index in [1.54, 1.807) is 18.4 Å². The zero-order valence-corrected chi connectivity index (χ0v) is 16.0.